The minimum atomic E-state index is -0.897. The zero-order chi connectivity index (χ0) is 26.2. The smallest absolute Gasteiger partial charge is 0.300 e. The number of aliphatic hydroxyl groups is 1. The lowest BCUT2D eigenvalue weighted by molar-refractivity contribution is -0.132. The molecule has 1 atom stereocenters. The predicted molar refractivity (Wildman–Crippen MR) is 141 cm³/mol. The van der Waals surface area contributed by atoms with Crippen LogP contribution >= 0.6 is 0 Å². The van der Waals surface area contributed by atoms with E-state index < -0.39 is 17.7 Å². The summed E-state index contributed by atoms with van der Waals surface area (Å²) in [5, 5.41) is 11.7. The number of Topliss-reactive ketones (excluding diaryl/α,β-unsaturated/α-hetero) is 1. The van der Waals surface area contributed by atoms with Gasteiger partial charge in [-0.1, -0.05) is 57.2 Å². The third-order valence-electron chi connectivity index (χ3n) is 6.48. The van der Waals surface area contributed by atoms with E-state index in [1.807, 2.05) is 49.4 Å². The Kier molecular flexibility index (Phi) is 6.63. The van der Waals surface area contributed by atoms with Crippen LogP contribution in [-0.4, -0.2) is 31.0 Å². The molecule has 0 aromatic heterocycles. The molecule has 1 amide bonds. The van der Waals surface area contributed by atoms with Crippen LogP contribution in [0, 0.1) is 6.92 Å². The van der Waals surface area contributed by atoms with Gasteiger partial charge in [-0.2, -0.15) is 0 Å². The summed E-state index contributed by atoms with van der Waals surface area (Å²) >= 11 is 0. The number of aryl methyl sites for hydroxylation is 1. The maximum atomic E-state index is 13.6. The number of para-hydroxylation sites is 1. The molecule has 1 N–H and O–H groups in total. The zero-order valence-corrected chi connectivity index (χ0v) is 21.5. The van der Waals surface area contributed by atoms with Crippen LogP contribution in [-0.2, 0) is 15.0 Å². The maximum Gasteiger partial charge on any atom is 0.300 e. The van der Waals surface area contributed by atoms with Gasteiger partial charge in [0.1, 0.15) is 17.3 Å². The summed E-state index contributed by atoms with van der Waals surface area (Å²) < 4.78 is 11.1. The molecule has 1 aliphatic heterocycles. The van der Waals surface area contributed by atoms with Gasteiger partial charge >= 0.3 is 0 Å². The van der Waals surface area contributed by atoms with Crippen LogP contribution in [0.3, 0.4) is 0 Å². The molecule has 6 heteroatoms. The van der Waals surface area contributed by atoms with E-state index in [2.05, 4.69) is 20.8 Å². The average molecular weight is 486 g/mol. The van der Waals surface area contributed by atoms with Gasteiger partial charge in [0.15, 0.2) is 0 Å². The quantitative estimate of drug-likeness (QED) is 0.275. The molecule has 3 aromatic carbocycles. The van der Waals surface area contributed by atoms with Gasteiger partial charge in [-0.15, -0.1) is 0 Å². The fourth-order valence-corrected chi connectivity index (χ4v) is 4.57. The average Bonchev–Trinajstić information content (AvgIpc) is 3.12. The van der Waals surface area contributed by atoms with Crippen LogP contribution in [0.5, 0.6) is 11.5 Å². The van der Waals surface area contributed by atoms with Crippen molar-refractivity contribution in [2.24, 2.45) is 0 Å². The molecule has 0 aliphatic carbocycles. The number of rotatable bonds is 5. The van der Waals surface area contributed by atoms with Gasteiger partial charge in [-0.3, -0.25) is 14.5 Å². The van der Waals surface area contributed by atoms with Gasteiger partial charge in [-0.25, -0.2) is 0 Å². The van der Waals surface area contributed by atoms with E-state index in [4.69, 9.17) is 9.47 Å². The molecule has 0 bridgehead atoms. The number of aliphatic hydroxyl groups excluding tert-OH is 1. The van der Waals surface area contributed by atoms with E-state index in [9.17, 15) is 14.7 Å². The lowest BCUT2D eigenvalue weighted by atomic mass is 9.85. The fraction of sp³-hybridized carbons (Fsp3) is 0.267. The van der Waals surface area contributed by atoms with Crippen molar-refractivity contribution in [3.05, 3.63) is 94.6 Å². The second kappa shape index (κ2) is 9.53. The molecule has 0 radical (unpaired) electrons. The number of nitrogens with zero attached hydrogens (tertiary/aromatic N) is 1. The van der Waals surface area contributed by atoms with Crippen molar-refractivity contribution in [1.82, 2.24) is 0 Å². The van der Waals surface area contributed by atoms with E-state index in [1.165, 1.54) is 19.1 Å². The second-order valence-electron chi connectivity index (χ2n) is 9.92. The number of amides is 1. The summed E-state index contributed by atoms with van der Waals surface area (Å²) in [7, 11) is 3.04. The van der Waals surface area contributed by atoms with Crippen LogP contribution in [0.2, 0.25) is 0 Å². The first-order valence-corrected chi connectivity index (χ1v) is 11.8. The highest BCUT2D eigenvalue weighted by Crippen LogP contribution is 2.46. The largest absolute Gasteiger partial charge is 0.507 e. The Morgan fingerprint density at radius 3 is 2.22 bits per heavy atom. The number of benzene rings is 3. The first kappa shape index (κ1) is 25.0. The van der Waals surface area contributed by atoms with Crippen molar-refractivity contribution in [2.75, 3.05) is 19.1 Å². The maximum absolute atomic E-state index is 13.6. The highest BCUT2D eigenvalue weighted by atomic mass is 16.5. The molecule has 186 valence electrons. The number of carbonyl (C=O) groups is 2. The topological polar surface area (TPSA) is 76.1 Å². The summed E-state index contributed by atoms with van der Waals surface area (Å²) in [6, 6.07) is 19.2. The molecule has 3 aromatic rings. The van der Waals surface area contributed by atoms with E-state index in [1.54, 1.807) is 24.3 Å². The number of hydrogen-bond acceptors (Lipinski definition) is 5. The highest BCUT2D eigenvalue weighted by molar-refractivity contribution is 6.51. The molecule has 1 unspecified atom stereocenters. The van der Waals surface area contributed by atoms with Crippen LogP contribution in [0.15, 0.2) is 72.3 Å². The molecule has 1 heterocycles. The number of hydrogen-bond donors (Lipinski definition) is 1. The van der Waals surface area contributed by atoms with Gasteiger partial charge in [0.25, 0.3) is 11.7 Å². The number of ketones is 1. The highest BCUT2D eigenvalue weighted by Gasteiger charge is 2.48. The molecule has 0 spiro atoms. The van der Waals surface area contributed by atoms with Crippen LogP contribution < -0.4 is 14.4 Å². The number of carbonyl (C=O) groups excluding carboxylic acids is 2. The normalized spacial score (nSPS) is 17.4. The van der Waals surface area contributed by atoms with Crippen molar-refractivity contribution in [3.63, 3.8) is 0 Å². The summed E-state index contributed by atoms with van der Waals surface area (Å²) in [6.07, 6.45) is 0. The van der Waals surface area contributed by atoms with Crippen molar-refractivity contribution in [1.29, 1.82) is 0 Å². The van der Waals surface area contributed by atoms with E-state index >= 15 is 0 Å². The molecule has 1 aliphatic rings. The van der Waals surface area contributed by atoms with Gasteiger partial charge in [0.05, 0.1) is 31.4 Å². The van der Waals surface area contributed by atoms with E-state index in [-0.39, 0.29) is 16.7 Å². The Morgan fingerprint density at radius 2 is 1.58 bits per heavy atom. The molecular formula is C30H31NO5. The van der Waals surface area contributed by atoms with Gasteiger partial charge in [0.2, 0.25) is 0 Å². The molecule has 0 saturated carbocycles. The minimum absolute atomic E-state index is 0.0182. The minimum Gasteiger partial charge on any atom is -0.507 e. The molecule has 1 fully saturated rings. The van der Waals surface area contributed by atoms with Crippen LogP contribution in [0.25, 0.3) is 5.76 Å². The van der Waals surface area contributed by atoms with Crippen molar-refractivity contribution >= 4 is 23.1 Å². The number of ether oxygens (including phenoxy) is 2. The molecular weight excluding hydrogens is 454 g/mol. The van der Waals surface area contributed by atoms with Crippen LogP contribution in [0.1, 0.15) is 49.1 Å². The molecule has 6 nitrogen and oxygen atoms in total. The Morgan fingerprint density at radius 1 is 0.889 bits per heavy atom. The molecule has 1 saturated heterocycles. The van der Waals surface area contributed by atoms with Gasteiger partial charge in [-0.05, 0) is 53.8 Å². The Bertz CT molecular complexity index is 1370. The molecule has 36 heavy (non-hydrogen) atoms. The third kappa shape index (κ3) is 4.35. The van der Waals surface area contributed by atoms with Crippen molar-refractivity contribution in [2.45, 2.75) is 39.2 Å². The summed E-state index contributed by atoms with van der Waals surface area (Å²) in [5.74, 6) is -0.871. The summed E-state index contributed by atoms with van der Waals surface area (Å²) in [6.45, 7) is 8.10. The Hall–Kier alpha value is -4.06. The number of methoxy groups -OCH3 is 2. The molecule has 4 rings (SSSR count). The van der Waals surface area contributed by atoms with Gasteiger partial charge < -0.3 is 14.6 Å². The monoisotopic (exact) mass is 485 g/mol. The van der Waals surface area contributed by atoms with Crippen LogP contribution in [0.4, 0.5) is 5.69 Å². The first-order valence-electron chi connectivity index (χ1n) is 11.8. The second-order valence-corrected chi connectivity index (χ2v) is 9.92. The van der Waals surface area contributed by atoms with Crippen molar-refractivity contribution in [3.8, 4) is 11.5 Å². The van der Waals surface area contributed by atoms with E-state index in [0.29, 0.717) is 28.3 Å². The van der Waals surface area contributed by atoms with E-state index in [0.717, 1.165) is 11.1 Å². The lowest BCUT2D eigenvalue weighted by Gasteiger charge is -2.27. The lowest BCUT2D eigenvalue weighted by Crippen LogP contribution is -2.29. The summed E-state index contributed by atoms with van der Waals surface area (Å²) in [4.78, 5) is 28.5. The Labute approximate surface area is 211 Å². The fourth-order valence-electron chi connectivity index (χ4n) is 4.57. The number of anilines is 1. The van der Waals surface area contributed by atoms with Crippen molar-refractivity contribution < 1.29 is 24.2 Å². The predicted octanol–water partition coefficient (Wildman–Crippen LogP) is 5.94. The Balaban J connectivity index is 2.04. The zero-order valence-electron chi connectivity index (χ0n) is 21.5. The summed E-state index contributed by atoms with van der Waals surface area (Å²) in [5.41, 5.74) is 3.16. The SMILES string of the molecule is COc1ccc(C(C)(C)C)cc1/C(O)=C1\C(=O)C(=O)N(c2cccc(C)c2)C1c1ccccc1OC. The first-order chi connectivity index (χ1) is 17.1. The van der Waals surface area contributed by atoms with Gasteiger partial charge in [0, 0.05) is 11.3 Å². The standard InChI is InChI=1S/C30H31NO5/c1-18-10-9-11-20(16-18)31-26(21-12-7-8-13-23(21)35-5)25(28(33)29(31)34)27(32)22-17-19(30(2,3)4)14-15-24(22)36-6/h7-17,26,32H,1-6H3/b27-25+. The third-order valence-corrected chi connectivity index (χ3v) is 6.48.